The van der Waals surface area contributed by atoms with Crippen molar-refractivity contribution in [1.82, 2.24) is 9.97 Å². The van der Waals surface area contributed by atoms with Crippen LogP contribution in [0.4, 0.5) is 30.6 Å². The monoisotopic (exact) mass is 493 g/mol. The molecule has 3 N–H and O–H groups in total. The number of likely N-dealkylation sites (N-methyl/N-ethyl adjacent to an activating group) is 1. The number of amides is 1. The van der Waals surface area contributed by atoms with Crippen molar-refractivity contribution in [1.29, 1.82) is 0 Å². The standard InChI is InChI=1S/C22H22F3N5O3S/c1-9-18-19(30(3)22(10(2)31,16-8-34-16)20(32)28-18)29-21(26-9)27-11-4-12(5-11)33-13-6-14(23)17(25)15(24)7-13/h6-8,10-12,31H,4-5H2,1-3H3,(H,28,32)(H,26,27,29)/t10-,11-,12-,22+/m0/s1. The second kappa shape index (κ2) is 8.05. The van der Waals surface area contributed by atoms with Crippen LogP contribution in [-0.2, 0) is 4.79 Å². The minimum absolute atomic E-state index is 0.0516. The van der Waals surface area contributed by atoms with Crippen LogP contribution in [-0.4, -0.2) is 51.8 Å². The van der Waals surface area contributed by atoms with Gasteiger partial charge in [-0.1, -0.05) is 11.8 Å². The van der Waals surface area contributed by atoms with Crippen molar-refractivity contribution in [3.63, 3.8) is 0 Å². The zero-order valence-electron chi connectivity index (χ0n) is 18.5. The number of aromatic nitrogens is 2. The Bertz CT molecular complexity index is 1200. The molecule has 3 heterocycles. The molecular formula is C22H22F3N5O3S. The Kier molecular flexibility index (Phi) is 5.40. The van der Waals surface area contributed by atoms with Gasteiger partial charge >= 0.3 is 0 Å². The number of fused-ring (bicyclic) bond motifs is 1. The van der Waals surface area contributed by atoms with Gasteiger partial charge in [0.15, 0.2) is 28.8 Å². The van der Waals surface area contributed by atoms with Gasteiger partial charge in [-0.3, -0.25) is 4.79 Å². The fourth-order valence-corrected chi connectivity index (χ4v) is 5.28. The molecule has 1 aromatic carbocycles. The van der Waals surface area contributed by atoms with Gasteiger partial charge in [0.25, 0.3) is 5.91 Å². The number of hydrogen-bond acceptors (Lipinski definition) is 8. The summed E-state index contributed by atoms with van der Waals surface area (Å²) in [6, 6.07) is 1.59. The Balaban J connectivity index is 1.30. The zero-order chi connectivity index (χ0) is 24.4. The van der Waals surface area contributed by atoms with Gasteiger partial charge in [-0.15, -0.1) is 0 Å². The molecule has 0 unspecified atom stereocenters. The van der Waals surface area contributed by atoms with Crippen LogP contribution in [0.25, 0.3) is 0 Å². The molecule has 5 rings (SSSR count). The lowest BCUT2D eigenvalue weighted by Crippen LogP contribution is -2.64. The second-order valence-corrected chi connectivity index (χ2v) is 9.55. The highest BCUT2D eigenvalue weighted by Gasteiger charge is 2.57. The van der Waals surface area contributed by atoms with Gasteiger partial charge in [0, 0.05) is 43.0 Å². The van der Waals surface area contributed by atoms with Crippen molar-refractivity contribution in [3.05, 3.63) is 45.6 Å². The SMILES string of the molecule is Cc1nc(N[C@H]2C[C@H](Oc3cc(F)c(F)c(F)c3)C2)nc2c1NC(=O)[C@](C1=CS1)([C@H](C)O)N2C. The normalized spacial score (nSPS) is 26.1. The maximum atomic E-state index is 13.4. The zero-order valence-corrected chi connectivity index (χ0v) is 19.3. The maximum Gasteiger partial charge on any atom is 0.258 e. The van der Waals surface area contributed by atoms with E-state index in [1.165, 1.54) is 11.8 Å². The van der Waals surface area contributed by atoms with Crippen LogP contribution >= 0.6 is 11.8 Å². The van der Waals surface area contributed by atoms with Gasteiger partial charge in [-0.2, -0.15) is 4.98 Å². The lowest BCUT2D eigenvalue weighted by atomic mass is 9.88. The number of hydrogen-bond donors (Lipinski definition) is 3. The highest BCUT2D eigenvalue weighted by atomic mass is 32.2. The summed E-state index contributed by atoms with van der Waals surface area (Å²) in [5, 5.41) is 18.4. The molecule has 180 valence electrons. The number of nitrogens with one attached hydrogen (secondary N) is 2. The largest absolute Gasteiger partial charge is 0.490 e. The molecule has 8 nitrogen and oxygen atoms in total. The lowest BCUT2D eigenvalue weighted by Gasteiger charge is -2.45. The highest BCUT2D eigenvalue weighted by molar-refractivity contribution is 8.12. The molecule has 3 aliphatic rings. The van der Waals surface area contributed by atoms with Crippen molar-refractivity contribution in [2.45, 2.75) is 50.5 Å². The van der Waals surface area contributed by atoms with Crippen molar-refractivity contribution in [2.24, 2.45) is 0 Å². The summed E-state index contributed by atoms with van der Waals surface area (Å²) < 4.78 is 45.4. The van der Waals surface area contributed by atoms with Crippen molar-refractivity contribution >= 4 is 35.1 Å². The van der Waals surface area contributed by atoms with E-state index in [1.807, 2.05) is 5.41 Å². The van der Waals surface area contributed by atoms with E-state index in [0.717, 1.165) is 17.0 Å². The van der Waals surface area contributed by atoms with Gasteiger partial charge in [0.05, 0.1) is 11.8 Å². The lowest BCUT2D eigenvalue weighted by molar-refractivity contribution is -0.123. The Hall–Kier alpha value is -2.99. The number of rotatable bonds is 6. The third-order valence-electron chi connectivity index (χ3n) is 6.41. The van der Waals surface area contributed by atoms with Gasteiger partial charge in [0.1, 0.15) is 17.5 Å². The average Bonchev–Trinajstić information content (AvgIpc) is 3.57. The summed E-state index contributed by atoms with van der Waals surface area (Å²) in [5.74, 6) is -3.71. The van der Waals surface area contributed by atoms with E-state index < -0.39 is 29.1 Å². The first-order valence-electron chi connectivity index (χ1n) is 10.7. The third-order valence-corrected chi connectivity index (χ3v) is 7.19. The van der Waals surface area contributed by atoms with Crippen LogP contribution in [0, 0.1) is 24.4 Å². The van der Waals surface area contributed by atoms with E-state index in [0.29, 0.717) is 36.0 Å². The first kappa shape index (κ1) is 22.8. The van der Waals surface area contributed by atoms with E-state index in [4.69, 9.17) is 4.74 Å². The van der Waals surface area contributed by atoms with Crippen LogP contribution in [0.2, 0.25) is 0 Å². The first-order valence-corrected chi connectivity index (χ1v) is 11.6. The molecule has 1 saturated carbocycles. The number of anilines is 3. The Morgan fingerprint density at radius 3 is 2.53 bits per heavy atom. The third kappa shape index (κ3) is 3.56. The van der Waals surface area contributed by atoms with Crippen LogP contribution in [0.1, 0.15) is 25.5 Å². The predicted molar refractivity (Wildman–Crippen MR) is 121 cm³/mol. The number of nitrogens with zero attached hydrogens (tertiary/aromatic N) is 3. The maximum absolute atomic E-state index is 13.4. The quantitative estimate of drug-likeness (QED) is 0.527. The molecule has 2 aromatic rings. The predicted octanol–water partition coefficient (Wildman–Crippen LogP) is 3.32. The van der Waals surface area contributed by atoms with E-state index in [2.05, 4.69) is 20.6 Å². The number of aryl methyl sites for hydroxylation is 1. The van der Waals surface area contributed by atoms with Gasteiger partial charge in [-0.05, 0) is 19.3 Å². The molecule has 12 heteroatoms. The summed E-state index contributed by atoms with van der Waals surface area (Å²) in [7, 11) is 1.72. The molecule has 2 atom stereocenters. The number of benzene rings is 1. The highest BCUT2D eigenvalue weighted by Crippen LogP contribution is 2.51. The number of carbonyl (C=O) groups excluding carboxylic acids is 1. The van der Waals surface area contributed by atoms with Crippen LogP contribution in [0.3, 0.4) is 0 Å². The van der Waals surface area contributed by atoms with E-state index >= 15 is 0 Å². The fourth-order valence-electron chi connectivity index (χ4n) is 4.46. The molecule has 0 spiro atoms. The Labute approximate surface area is 197 Å². The Morgan fingerprint density at radius 1 is 1.29 bits per heavy atom. The molecule has 0 radical (unpaired) electrons. The molecule has 0 saturated heterocycles. The first-order chi connectivity index (χ1) is 16.1. The number of carbonyl (C=O) groups is 1. The van der Waals surface area contributed by atoms with Crippen molar-refractivity contribution in [3.8, 4) is 5.75 Å². The van der Waals surface area contributed by atoms with Gasteiger partial charge in [0.2, 0.25) is 5.95 Å². The molecule has 2 aliphatic heterocycles. The molecule has 1 aromatic heterocycles. The van der Waals surface area contributed by atoms with E-state index in [1.54, 1.807) is 25.8 Å². The summed E-state index contributed by atoms with van der Waals surface area (Å²) in [4.78, 5) is 24.5. The van der Waals surface area contributed by atoms with E-state index in [-0.39, 0.29) is 23.8 Å². The number of halogens is 3. The summed E-state index contributed by atoms with van der Waals surface area (Å²) in [6.07, 6.45) is -0.241. The molecular weight excluding hydrogens is 471 g/mol. The molecule has 0 bridgehead atoms. The number of thioether (sulfide) groups is 1. The van der Waals surface area contributed by atoms with Gasteiger partial charge in [-0.25, -0.2) is 18.2 Å². The minimum atomic E-state index is -1.53. The number of ether oxygens (including phenoxy) is 1. The van der Waals surface area contributed by atoms with Crippen LogP contribution < -0.4 is 20.3 Å². The summed E-state index contributed by atoms with van der Waals surface area (Å²) in [5.41, 5.74) is -0.213. The molecule has 34 heavy (non-hydrogen) atoms. The Morgan fingerprint density at radius 2 is 1.94 bits per heavy atom. The molecule has 1 amide bonds. The molecule has 1 fully saturated rings. The van der Waals surface area contributed by atoms with Crippen LogP contribution in [0.5, 0.6) is 5.75 Å². The van der Waals surface area contributed by atoms with Gasteiger partial charge < -0.3 is 25.4 Å². The summed E-state index contributed by atoms with van der Waals surface area (Å²) >= 11 is 1.41. The van der Waals surface area contributed by atoms with E-state index in [9.17, 15) is 23.1 Å². The van der Waals surface area contributed by atoms with Crippen LogP contribution in [0.15, 0.2) is 22.4 Å². The smallest absolute Gasteiger partial charge is 0.258 e. The average molecular weight is 494 g/mol. The fraction of sp³-hybridized carbons (Fsp3) is 0.409. The minimum Gasteiger partial charge on any atom is -0.490 e. The summed E-state index contributed by atoms with van der Waals surface area (Å²) in [6.45, 7) is 3.33. The number of aliphatic hydroxyl groups is 1. The van der Waals surface area contributed by atoms with Crippen molar-refractivity contribution in [2.75, 3.05) is 22.6 Å². The topological polar surface area (TPSA) is 99.6 Å². The number of aliphatic hydroxyl groups excluding tert-OH is 1. The van der Waals surface area contributed by atoms with Crippen molar-refractivity contribution < 1.29 is 27.8 Å². The second-order valence-electron chi connectivity index (χ2n) is 8.64. The molecule has 1 aliphatic carbocycles.